The summed E-state index contributed by atoms with van der Waals surface area (Å²) in [5.74, 6) is -1.16. The molecule has 2 aliphatic rings. The number of nitrogen functional groups attached to an aromatic ring is 1. The van der Waals surface area contributed by atoms with Gasteiger partial charge in [-0.05, 0) is 37.7 Å². The number of likely N-dealkylation sites (tertiary alicyclic amines) is 1. The van der Waals surface area contributed by atoms with E-state index in [-0.39, 0.29) is 62.2 Å². The average Bonchev–Trinajstić information content (AvgIpc) is 3.20. The monoisotopic (exact) mass is 493 g/mol. The van der Waals surface area contributed by atoms with Crippen molar-refractivity contribution in [1.82, 2.24) is 14.5 Å². The van der Waals surface area contributed by atoms with E-state index in [1.165, 1.54) is 15.0 Å². The summed E-state index contributed by atoms with van der Waals surface area (Å²) >= 11 is 0. The number of imide groups is 1. The Labute approximate surface area is 208 Å². The molecule has 1 aliphatic heterocycles. The fourth-order valence-electron chi connectivity index (χ4n) is 4.72. The molecular weight excluding hydrogens is 462 g/mol. The number of nitrogens with zero attached hydrogens (tertiary/aromatic N) is 3. The molecule has 0 spiro atoms. The van der Waals surface area contributed by atoms with Gasteiger partial charge in [0.05, 0.1) is 6.54 Å². The maximum atomic E-state index is 13.4. The number of aromatic amines is 1. The first-order chi connectivity index (χ1) is 17.3. The smallest absolute Gasteiger partial charge is 0.330 e. The van der Waals surface area contributed by atoms with E-state index in [1.807, 2.05) is 30.3 Å². The number of hydrogen-bond acceptors (Lipinski definition) is 6. The maximum Gasteiger partial charge on any atom is 0.330 e. The van der Waals surface area contributed by atoms with E-state index < -0.39 is 17.2 Å². The summed E-state index contributed by atoms with van der Waals surface area (Å²) in [5, 5.41) is 0. The van der Waals surface area contributed by atoms with Crippen molar-refractivity contribution in [3.63, 3.8) is 0 Å². The van der Waals surface area contributed by atoms with Gasteiger partial charge >= 0.3 is 5.69 Å². The fraction of sp³-hybridized carbons (Fsp3) is 0.423. The first kappa shape index (κ1) is 25.2. The number of H-pyrrole nitrogens is 1. The Bertz CT molecular complexity index is 1280. The number of allylic oxidation sites excluding steroid dienone is 1. The third-order valence-corrected chi connectivity index (χ3v) is 6.71. The van der Waals surface area contributed by atoms with Crippen molar-refractivity contribution in [3.8, 4) is 0 Å². The molecule has 1 aromatic heterocycles. The highest BCUT2D eigenvalue weighted by atomic mass is 16.2. The molecule has 0 unspecified atom stereocenters. The standard InChI is InChI=1S/C26H31N5O5/c27-24-23(25(35)28-26(36)31(24)17-19-9-5-2-6-10-19)30(15-13-18-7-3-1-4-8-18)22(34)14-16-29-20(32)11-12-21(29)33/h2,5-7,9-10H,1,3-4,8,11-17,27H2,(H,28,35,36). The highest BCUT2D eigenvalue weighted by molar-refractivity contribution is 6.02. The number of hydrogen-bond donors (Lipinski definition) is 2. The van der Waals surface area contributed by atoms with Crippen molar-refractivity contribution in [2.24, 2.45) is 0 Å². The molecule has 0 saturated carbocycles. The summed E-state index contributed by atoms with van der Waals surface area (Å²) in [4.78, 5) is 67.6. The minimum Gasteiger partial charge on any atom is -0.383 e. The molecule has 0 atom stereocenters. The lowest BCUT2D eigenvalue weighted by Gasteiger charge is -2.26. The Hall–Kier alpha value is -3.95. The Morgan fingerprint density at radius 1 is 1.00 bits per heavy atom. The molecule has 10 nitrogen and oxygen atoms in total. The molecule has 1 aromatic carbocycles. The summed E-state index contributed by atoms with van der Waals surface area (Å²) in [7, 11) is 0. The van der Waals surface area contributed by atoms with Crippen LogP contribution in [0.4, 0.5) is 11.5 Å². The van der Waals surface area contributed by atoms with E-state index in [0.29, 0.717) is 6.42 Å². The van der Waals surface area contributed by atoms with Crippen LogP contribution in [0.1, 0.15) is 56.9 Å². The van der Waals surface area contributed by atoms with Crippen molar-refractivity contribution < 1.29 is 14.4 Å². The summed E-state index contributed by atoms with van der Waals surface area (Å²) in [6.07, 6.45) is 6.97. The molecule has 2 heterocycles. The largest absolute Gasteiger partial charge is 0.383 e. The number of rotatable bonds is 9. The summed E-state index contributed by atoms with van der Waals surface area (Å²) in [6, 6.07) is 9.18. The number of carbonyl (C=O) groups is 3. The Balaban J connectivity index is 1.65. The third-order valence-electron chi connectivity index (χ3n) is 6.71. The first-order valence-corrected chi connectivity index (χ1v) is 12.3. The zero-order valence-corrected chi connectivity index (χ0v) is 20.2. The molecule has 1 aliphatic carbocycles. The molecule has 2 aromatic rings. The zero-order valence-electron chi connectivity index (χ0n) is 20.2. The molecule has 1 saturated heterocycles. The van der Waals surface area contributed by atoms with E-state index in [4.69, 9.17) is 5.73 Å². The normalized spacial score (nSPS) is 15.8. The zero-order chi connectivity index (χ0) is 25.7. The second kappa shape index (κ2) is 11.2. The average molecular weight is 494 g/mol. The molecule has 36 heavy (non-hydrogen) atoms. The van der Waals surface area contributed by atoms with Gasteiger partial charge in [-0.25, -0.2) is 4.79 Å². The van der Waals surface area contributed by atoms with Gasteiger partial charge in [0.1, 0.15) is 5.82 Å². The van der Waals surface area contributed by atoms with Crippen molar-refractivity contribution in [3.05, 3.63) is 68.4 Å². The predicted molar refractivity (Wildman–Crippen MR) is 135 cm³/mol. The van der Waals surface area contributed by atoms with Crippen LogP contribution < -0.4 is 21.9 Å². The van der Waals surface area contributed by atoms with Crippen LogP contribution in [0, 0.1) is 0 Å². The molecular formula is C26H31N5O5. The number of nitrogens with one attached hydrogen (secondary N) is 1. The molecule has 1 fully saturated rings. The third kappa shape index (κ3) is 5.64. The van der Waals surface area contributed by atoms with Crippen molar-refractivity contribution in [2.45, 2.75) is 57.9 Å². The van der Waals surface area contributed by atoms with Gasteiger partial charge in [0.2, 0.25) is 17.7 Å². The second-order valence-electron chi connectivity index (χ2n) is 9.16. The number of carbonyl (C=O) groups excluding carboxylic acids is 3. The summed E-state index contributed by atoms with van der Waals surface area (Å²) < 4.78 is 1.24. The number of nitrogens with two attached hydrogens (primary N) is 1. The molecule has 0 radical (unpaired) electrons. The van der Waals surface area contributed by atoms with Crippen LogP contribution in [0.25, 0.3) is 0 Å². The second-order valence-corrected chi connectivity index (χ2v) is 9.16. The predicted octanol–water partition coefficient (Wildman–Crippen LogP) is 1.93. The molecule has 3 N–H and O–H groups in total. The number of aromatic nitrogens is 2. The highest BCUT2D eigenvalue weighted by Crippen LogP contribution is 2.24. The van der Waals surface area contributed by atoms with Gasteiger partial charge in [-0.1, -0.05) is 42.0 Å². The highest BCUT2D eigenvalue weighted by Gasteiger charge is 2.31. The lowest BCUT2D eigenvalue weighted by Crippen LogP contribution is -2.43. The fourth-order valence-corrected chi connectivity index (χ4v) is 4.72. The van der Waals surface area contributed by atoms with Gasteiger partial charge in [-0.2, -0.15) is 0 Å². The lowest BCUT2D eigenvalue weighted by atomic mass is 9.97. The van der Waals surface area contributed by atoms with Gasteiger partial charge in [-0.15, -0.1) is 0 Å². The van der Waals surface area contributed by atoms with Crippen LogP contribution in [0.2, 0.25) is 0 Å². The lowest BCUT2D eigenvalue weighted by molar-refractivity contribution is -0.138. The summed E-state index contributed by atoms with van der Waals surface area (Å²) in [6.45, 7) is 0.264. The SMILES string of the molecule is Nc1c(N(CCC2=CCCCC2)C(=O)CCN2C(=O)CCC2=O)c(=O)[nH]c(=O)n1Cc1ccccc1. The minimum absolute atomic E-state index is 0.0584. The van der Waals surface area contributed by atoms with Crippen LogP contribution in [0.5, 0.6) is 0 Å². The van der Waals surface area contributed by atoms with Crippen molar-refractivity contribution >= 4 is 29.2 Å². The van der Waals surface area contributed by atoms with Crippen LogP contribution in [-0.4, -0.2) is 45.3 Å². The first-order valence-electron chi connectivity index (χ1n) is 12.3. The van der Waals surface area contributed by atoms with Crippen LogP contribution in [-0.2, 0) is 20.9 Å². The van der Waals surface area contributed by atoms with Gasteiger partial charge < -0.3 is 10.6 Å². The topological polar surface area (TPSA) is 139 Å². The molecule has 0 bridgehead atoms. The molecule has 4 rings (SSSR count). The van der Waals surface area contributed by atoms with Crippen LogP contribution in [0.15, 0.2) is 51.6 Å². The number of benzene rings is 1. The maximum absolute atomic E-state index is 13.4. The van der Waals surface area contributed by atoms with Crippen LogP contribution >= 0.6 is 0 Å². The van der Waals surface area contributed by atoms with E-state index in [1.54, 1.807) is 0 Å². The van der Waals surface area contributed by atoms with Crippen LogP contribution in [0.3, 0.4) is 0 Å². The minimum atomic E-state index is -0.749. The van der Waals surface area contributed by atoms with E-state index in [0.717, 1.165) is 36.1 Å². The number of anilines is 2. The molecule has 10 heteroatoms. The molecule has 190 valence electrons. The Kier molecular flexibility index (Phi) is 7.82. The van der Waals surface area contributed by atoms with Crippen molar-refractivity contribution in [2.75, 3.05) is 23.7 Å². The Morgan fingerprint density at radius 2 is 1.72 bits per heavy atom. The molecule has 3 amide bonds. The van der Waals surface area contributed by atoms with Gasteiger partial charge in [0.25, 0.3) is 5.56 Å². The Morgan fingerprint density at radius 3 is 2.39 bits per heavy atom. The van der Waals surface area contributed by atoms with Gasteiger partial charge in [-0.3, -0.25) is 33.6 Å². The van der Waals surface area contributed by atoms with Crippen molar-refractivity contribution in [1.29, 1.82) is 0 Å². The van der Waals surface area contributed by atoms with Gasteiger partial charge in [0.15, 0.2) is 5.69 Å². The van der Waals surface area contributed by atoms with E-state index in [9.17, 15) is 24.0 Å². The van der Waals surface area contributed by atoms with E-state index >= 15 is 0 Å². The number of amides is 3. The quantitative estimate of drug-likeness (QED) is 0.404. The van der Waals surface area contributed by atoms with Gasteiger partial charge in [0, 0.05) is 32.4 Å². The summed E-state index contributed by atoms with van der Waals surface area (Å²) in [5.41, 5.74) is 6.86. The van der Waals surface area contributed by atoms with E-state index in [2.05, 4.69) is 11.1 Å².